The van der Waals surface area contributed by atoms with Crippen molar-refractivity contribution in [3.63, 3.8) is 0 Å². The lowest BCUT2D eigenvalue weighted by atomic mass is 9.86. The molecule has 2 aliphatic rings. The molecule has 2 fully saturated rings. The molecule has 14 heavy (non-hydrogen) atoms. The fourth-order valence-electron chi connectivity index (χ4n) is 2.27. The third-order valence-corrected chi connectivity index (χ3v) is 2.96. The van der Waals surface area contributed by atoms with E-state index in [0.717, 1.165) is 0 Å². The average Bonchev–Trinajstić information content (AvgIpc) is 2.46. The van der Waals surface area contributed by atoms with Gasteiger partial charge in [-0.1, -0.05) is 0 Å². The van der Waals surface area contributed by atoms with E-state index >= 15 is 0 Å². The van der Waals surface area contributed by atoms with Gasteiger partial charge in [-0.3, -0.25) is 14.4 Å². The summed E-state index contributed by atoms with van der Waals surface area (Å²) in [6, 6.07) is 0. The van der Waals surface area contributed by atoms with E-state index in [1.54, 1.807) is 0 Å². The van der Waals surface area contributed by atoms with Crippen LogP contribution in [0.5, 0.6) is 0 Å². The number of rotatable bonds is 1. The summed E-state index contributed by atoms with van der Waals surface area (Å²) in [5.41, 5.74) is 0. The van der Waals surface area contributed by atoms with Crippen LogP contribution in [0.3, 0.4) is 0 Å². The Balaban J connectivity index is 2.28. The number of ketones is 1. The number of carboxylic acid groups (broad SMARTS) is 1. The summed E-state index contributed by atoms with van der Waals surface area (Å²) in [5.74, 6) is -3.75. The number of ether oxygens (including phenoxy) is 1. The lowest BCUT2D eigenvalue weighted by Crippen LogP contribution is -2.36. The van der Waals surface area contributed by atoms with Crippen molar-refractivity contribution in [2.24, 2.45) is 17.8 Å². The van der Waals surface area contributed by atoms with Crippen molar-refractivity contribution in [3.05, 3.63) is 0 Å². The second kappa shape index (κ2) is 3.08. The van der Waals surface area contributed by atoms with Crippen LogP contribution in [0.1, 0.15) is 12.8 Å². The molecule has 0 aromatic rings. The molecule has 5 nitrogen and oxygen atoms in total. The van der Waals surface area contributed by atoms with Crippen LogP contribution in [0.25, 0.3) is 0 Å². The Hall–Kier alpha value is -1.39. The molecule has 1 aliphatic heterocycles. The third kappa shape index (κ3) is 1.20. The summed E-state index contributed by atoms with van der Waals surface area (Å²) < 4.78 is 4.77. The van der Waals surface area contributed by atoms with Crippen molar-refractivity contribution < 1.29 is 24.2 Å². The largest absolute Gasteiger partial charge is 0.481 e. The van der Waals surface area contributed by atoms with Gasteiger partial charge in [-0.05, 0) is 6.42 Å². The number of carbonyl (C=O) groups excluding carboxylic acids is 2. The van der Waals surface area contributed by atoms with Crippen molar-refractivity contribution in [1.82, 2.24) is 0 Å². The number of aliphatic carboxylic acids is 1. The summed E-state index contributed by atoms with van der Waals surface area (Å²) in [4.78, 5) is 33.5. The van der Waals surface area contributed by atoms with Crippen LogP contribution in [0.4, 0.5) is 0 Å². The summed E-state index contributed by atoms with van der Waals surface area (Å²) in [6.07, 6.45) is 0.443. The predicted octanol–water partition coefficient (Wildman–Crippen LogP) is -0.161. The number of cyclic esters (lactones) is 1. The Labute approximate surface area is 80.0 Å². The highest BCUT2D eigenvalue weighted by atomic mass is 16.5. The maximum atomic E-state index is 11.4. The van der Waals surface area contributed by atoms with Gasteiger partial charge in [0.2, 0.25) is 0 Å². The maximum Gasteiger partial charge on any atom is 0.310 e. The van der Waals surface area contributed by atoms with Gasteiger partial charge in [0.25, 0.3) is 0 Å². The van der Waals surface area contributed by atoms with Crippen LogP contribution in [0.2, 0.25) is 0 Å². The van der Waals surface area contributed by atoms with Gasteiger partial charge < -0.3 is 9.84 Å². The first-order valence-electron chi connectivity index (χ1n) is 4.53. The standard InChI is InChI=1S/C9H10O5/c10-6-3-5(8(11)12)7-4(6)1-2-14-9(7)13/h4-5,7H,1-3H2,(H,11,12). The maximum absolute atomic E-state index is 11.4. The monoisotopic (exact) mass is 198 g/mol. The summed E-state index contributed by atoms with van der Waals surface area (Å²) in [7, 11) is 0. The van der Waals surface area contributed by atoms with Crippen LogP contribution in [-0.4, -0.2) is 29.4 Å². The predicted molar refractivity (Wildman–Crippen MR) is 43.3 cm³/mol. The number of carboxylic acids is 1. The van der Waals surface area contributed by atoms with Crippen LogP contribution >= 0.6 is 0 Å². The molecule has 3 atom stereocenters. The van der Waals surface area contributed by atoms with E-state index in [4.69, 9.17) is 9.84 Å². The Kier molecular flexibility index (Phi) is 2.02. The molecule has 1 saturated carbocycles. The van der Waals surface area contributed by atoms with Crippen molar-refractivity contribution in [2.45, 2.75) is 12.8 Å². The first-order valence-corrected chi connectivity index (χ1v) is 4.53. The second-order valence-electron chi connectivity index (χ2n) is 3.70. The minimum absolute atomic E-state index is 0.0280. The van der Waals surface area contributed by atoms with E-state index in [1.807, 2.05) is 0 Å². The quantitative estimate of drug-likeness (QED) is 0.592. The molecular weight excluding hydrogens is 188 g/mol. The van der Waals surface area contributed by atoms with Gasteiger partial charge in [0.05, 0.1) is 18.4 Å². The van der Waals surface area contributed by atoms with Crippen molar-refractivity contribution >= 4 is 17.7 Å². The fourth-order valence-corrected chi connectivity index (χ4v) is 2.27. The highest BCUT2D eigenvalue weighted by Crippen LogP contribution is 2.39. The number of fused-ring (bicyclic) bond motifs is 1. The number of esters is 1. The van der Waals surface area contributed by atoms with Gasteiger partial charge >= 0.3 is 11.9 Å². The fraction of sp³-hybridized carbons (Fsp3) is 0.667. The molecule has 0 amide bonds. The van der Waals surface area contributed by atoms with E-state index in [9.17, 15) is 14.4 Å². The molecule has 0 bridgehead atoms. The number of carbonyl (C=O) groups is 3. The summed E-state index contributed by atoms with van der Waals surface area (Å²) in [6.45, 7) is 0.234. The molecule has 76 valence electrons. The molecule has 1 saturated heterocycles. The van der Waals surface area contributed by atoms with Gasteiger partial charge in [-0.25, -0.2) is 0 Å². The zero-order valence-corrected chi connectivity index (χ0v) is 7.43. The Morgan fingerprint density at radius 1 is 1.43 bits per heavy atom. The van der Waals surface area contributed by atoms with E-state index in [1.165, 1.54) is 0 Å². The van der Waals surface area contributed by atoms with Crippen molar-refractivity contribution in [1.29, 1.82) is 0 Å². The zero-order chi connectivity index (χ0) is 10.3. The smallest absolute Gasteiger partial charge is 0.310 e. The minimum atomic E-state index is -1.08. The van der Waals surface area contributed by atoms with Crippen LogP contribution in [0, 0.1) is 17.8 Å². The second-order valence-corrected chi connectivity index (χ2v) is 3.70. The van der Waals surface area contributed by atoms with Gasteiger partial charge in [0.15, 0.2) is 0 Å². The third-order valence-electron chi connectivity index (χ3n) is 2.96. The zero-order valence-electron chi connectivity index (χ0n) is 7.43. The topological polar surface area (TPSA) is 80.7 Å². The van der Waals surface area contributed by atoms with Crippen LogP contribution in [0.15, 0.2) is 0 Å². The highest BCUT2D eigenvalue weighted by molar-refractivity contribution is 5.97. The number of hydrogen-bond donors (Lipinski definition) is 1. The van der Waals surface area contributed by atoms with E-state index < -0.39 is 29.7 Å². The number of Topliss-reactive ketones (excluding diaryl/α,β-unsaturated/α-hetero) is 1. The SMILES string of the molecule is O=C(O)C1CC(=O)C2CCOC(=O)C12. The van der Waals surface area contributed by atoms with Crippen molar-refractivity contribution in [3.8, 4) is 0 Å². The Bertz CT molecular complexity index is 308. The summed E-state index contributed by atoms with van der Waals surface area (Å²) in [5, 5.41) is 8.83. The molecule has 3 unspecified atom stereocenters. The molecule has 0 aromatic carbocycles. The van der Waals surface area contributed by atoms with Gasteiger partial charge in [0, 0.05) is 12.3 Å². The average molecular weight is 198 g/mol. The normalized spacial score (nSPS) is 36.4. The molecule has 2 rings (SSSR count). The lowest BCUT2D eigenvalue weighted by molar-refractivity contribution is -0.163. The minimum Gasteiger partial charge on any atom is -0.481 e. The first-order chi connectivity index (χ1) is 6.61. The van der Waals surface area contributed by atoms with E-state index in [-0.39, 0.29) is 18.8 Å². The van der Waals surface area contributed by atoms with E-state index in [0.29, 0.717) is 6.42 Å². The molecule has 1 heterocycles. The van der Waals surface area contributed by atoms with Gasteiger partial charge in [-0.2, -0.15) is 0 Å². The van der Waals surface area contributed by atoms with E-state index in [2.05, 4.69) is 0 Å². The summed E-state index contributed by atoms with van der Waals surface area (Å²) >= 11 is 0. The molecule has 1 aliphatic carbocycles. The Morgan fingerprint density at radius 2 is 2.14 bits per heavy atom. The molecule has 1 N–H and O–H groups in total. The molecule has 0 radical (unpaired) electrons. The Morgan fingerprint density at radius 3 is 2.79 bits per heavy atom. The lowest BCUT2D eigenvalue weighted by Gasteiger charge is -2.24. The van der Waals surface area contributed by atoms with Gasteiger partial charge in [0.1, 0.15) is 5.78 Å². The highest BCUT2D eigenvalue weighted by Gasteiger charge is 2.52. The molecule has 0 spiro atoms. The van der Waals surface area contributed by atoms with Crippen LogP contribution < -0.4 is 0 Å². The first kappa shape index (κ1) is 9.18. The molecular formula is C9H10O5. The van der Waals surface area contributed by atoms with Crippen molar-refractivity contribution in [2.75, 3.05) is 6.61 Å². The number of hydrogen-bond acceptors (Lipinski definition) is 4. The molecule has 0 aromatic heterocycles. The molecule has 5 heteroatoms. The van der Waals surface area contributed by atoms with Crippen LogP contribution in [-0.2, 0) is 19.1 Å². The van der Waals surface area contributed by atoms with Gasteiger partial charge in [-0.15, -0.1) is 0 Å².